The summed E-state index contributed by atoms with van der Waals surface area (Å²) in [5.41, 5.74) is 26.6. The van der Waals surface area contributed by atoms with Gasteiger partial charge in [-0.3, -0.25) is 0 Å². The van der Waals surface area contributed by atoms with Crippen LogP contribution < -0.4 is 0 Å². The van der Waals surface area contributed by atoms with E-state index in [1.54, 1.807) is 0 Å². The molecule has 0 saturated heterocycles. The molecule has 0 unspecified atom stereocenters. The number of aromatic nitrogens is 4. The van der Waals surface area contributed by atoms with Gasteiger partial charge in [0, 0.05) is 65.5 Å². The van der Waals surface area contributed by atoms with Crippen molar-refractivity contribution in [2.45, 2.75) is 0 Å². The lowest BCUT2D eigenvalue weighted by Crippen LogP contribution is -1.95. The maximum Gasteiger partial charge on any atom is 0.0541 e. The van der Waals surface area contributed by atoms with Crippen molar-refractivity contribution in [1.29, 1.82) is 0 Å². The minimum absolute atomic E-state index is 1.16. The average molecular weight is 1250 g/mol. The van der Waals surface area contributed by atoms with Gasteiger partial charge in [-0.1, -0.05) is 261 Å². The van der Waals surface area contributed by atoms with Gasteiger partial charge in [-0.25, -0.2) is 0 Å². The van der Waals surface area contributed by atoms with Crippen LogP contribution in [-0.2, 0) is 0 Å². The molecule has 0 saturated carbocycles. The van der Waals surface area contributed by atoms with Crippen LogP contribution in [0.3, 0.4) is 0 Å². The molecule has 4 heterocycles. The van der Waals surface area contributed by atoms with E-state index in [-0.39, 0.29) is 0 Å². The van der Waals surface area contributed by atoms with Crippen LogP contribution in [0.2, 0.25) is 0 Å². The fourth-order valence-electron chi connectivity index (χ4n) is 15.4. The Morgan fingerprint density at radius 1 is 0.133 bits per heavy atom. The standard InChI is InChI=1S/C48H32N2.C46H30N2/c1-3-11-33(12-4-1)35-19-25-39(26-20-35)49-45-17-9-7-15-41(45)43-31-37(23-29-47(43)49)38-24-30-48-44(32-38)42-16-8-10-18-46(42)50(48)40-27-21-36(22-28-40)34-13-5-2-6-14-34;1-2-11-31(12-3-1)32-21-25-36(26-22-32)47-43-18-8-6-16-38(43)40-29-34(23-27-45(40)47)35-24-28-46-41(30-35)39-17-7-9-19-44(39)48(46)42-20-10-14-33-13-4-5-15-37(33)42/h1-32H;1-30H. The van der Waals surface area contributed by atoms with Crippen molar-refractivity contribution in [3.05, 3.63) is 376 Å². The van der Waals surface area contributed by atoms with Gasteiger partial charge in [0.1, 0.15) is 0 Å². The fourth-order valence-corrected chi connectivity index (χ4v) is 15.4. The molecule has 0 radical (unpaired) electrons. The third kappa shape index (κ3) is 9.52. The highest BCUT2D eigenvalue weighted by atomic mass is 15.0. The Morgan fingerprint density at radius 2 is 0.367 bits per heavy atom. The summed E-state index contributed by atoms with van der Waals surface area (Å²) >= 11 is 0. The summed E-state index contributed by atoms with van der Waals surface area (Å²) in [6.07, 6.45) is 0. The van der Waals surface area contributed by atoms with Crippen molar-refractivity contribution in [1.82, 2.24) is 18.3 Å². The second-order valence-electron chi connectivity index (χ2n) is 25.6. The Kier molecular flexibility index (Phi) is 13.5. The molecule has 98 heavy (non-hydrogen) atoms. The lowest BCUT2D eigenvalue weighted by Gasteiger charge is -2.12. The second-order valence-corrected chi connectivity index (χ2v) is 25.6. The molecule has 0 amide bonds. The number of benzene rings is 16. The van der Waals surface area contributed by atoms with Crippen LogP contribution in [0.25, 0.3) is 176 Å². The number of para-hydroxylation sites is 4. The summed E-state index contributed by atoms with van der Waals surface area (Å²) < 4.78 is 9.60. The van der Waals surface area contributed by atoms with Crippen molar-refractivity contribution >= 4 is 98.0 Å². The van der Waals surface area contributed by atoms with Crippen LogP contribution in [-0.4, -0.2) is 18.3 Å². The maximum absolute atomic E-state index is 2.43. The summed E-state index contributed by atoms with van der Waals surface area (Å²) in [6.45, 7) is 0. The zero-order valence-corrected chi connectivity index (χ0v) is 53.6. The molecule has 0 atom stereocenters. The highest BCUT2D eigenvalue weighted by molar-refractivity contribution is 6.15. The Labute approximate surface area is 567 Å². The highest BCUT2D eigenvalue weighted by Gasteiger charge is 2.20. The molecule has 458 valence electrons. The van der Waals surface area contributed by atoms with E-state index in [1.165, 1.54) is 159 Å². The topological polar surface area (TPSA) is 19.7 Å². The van der Waals surface area contributed by atoms with E-state index in [4.69, 9.17) is 0 Å². The number of fused-ring (bicyclic) bond motifs is 13. The van der Waals surface area contributed by atoms with Crippen LogP contribution in [0.1, 0.15) is 0 Å². The third-order valence-electron chi connectivity index (χ3n) is 20.1. The molecule has 0 fully saturated rings. The number of rotatable bonds is 9. The van der Waals surface area contributed by atoms with E-state index in [0.717, 1.165) is 17.1 Å². The van der Waals surface area contributed by atoms with Crippen LogP contribution in [0, 0.1) is 0 Å². The molecule has 20 aromatic rings. The lowest BCUT2D eigenvalue weighted by atomic mass is 10.0. The monoisotopic (exact) mass is 1250 g/mol. The Bertz CT molecular complexity index is 6220. The summed E-state index contributed by atoms with van der Waals surface area (Å²) in [5.74, 6) is 0. The van der Waals surface area contributed by atoms with E-state index in [9.17, 15) is 0 Å². The van der Waals surface area contributed by atoms with E-state index in [1.807, 2.05) is 0 Å². The van der Waals surface area contributed by atoms with E-state index in [0.29, 0.717) is 0 Å². The largest absolute Gasteiger partial charge is 0.309 e. The quantitative estimate of drug-likeness (QED) is 0.137. The number of hydrogen-bond donors (Lipinski definition) is 0. The molecule has 20 rings (SSSR count). The average Bonchev–Trinajstić information content (AvgIpc) is 1.60. The molecule has 4 heteroatoms. The van der Waals surface area contributed by atoms with Crippen LogP contribution in [0.5, 0.6) is 0 Å². The van der Waals surface area contributed by atoms with Crippen molar-refractivity contribution in [3.63, 3.8) is 0 Å². The van der Waals surface area contributed by atoms with E-state index >= 15 is 0 Å². The Hall–Kier alpha value is -13.0. The predicted octanol–water partition coefficient (Wildman–Crippen LogP) is 25.2. The van der Waals surface area contributed by atoms with Gasteiger partial charge in [0.05, 0.1) is 49.8 Å². The summed E-state index contributed by atoms with van der Waals surface area (Å²) in [7, 11) is 0. The van der Waals surface area contributed by atoms with Crippen molar-refractivity contribution in [2.24, 2.45) is 0 Å². The molecule has 4 nitrogen and oxygen atoms in total. The van der Waals surface area contributed by atoms with E-state index < -0.39 is 0 Å². The first-order valence-corrected chi connectivity index (χ1v) is 33.7. The van der Waals surface area contributed by atoms with Crippen molar-refractivity contribution in [3.8, 4) is 78.4 Å². The highest BCUT2D eigenvalue weighted by Crippen LogP contribution is 2.42. The van der Waals surface area contributed by atoms with Gasteiger partial charge in [-0.05, 0) is 176 Å². The van der Waals surface area contributed by atoms with Gasteiger partial charge >= 0.3 is 0 Å². The van der Waals surface area contributed by atoms with Gasteiger partial charge in [0.25, 0.3) is 0 Å². The predicted molar refractivity (Wildman–Crippen MR) is 415 cm³/mol. The Morgan fingerprint density at radius 3 is 0.704 bits per heavy atom. The normalized spacial score (nSPS) is 11.7. The first-order valence-electron chi connectivity index (χ1n) is 33.7. The molecule has 4 aromatic heterocycles. The fraction of sp³-hybridized carbons (Fsp3) is 0. The van der Waals surface area contributed by atoms with Gasteiger partial charge in [-0.15, -0.1) is 0 Å². The molecular formula is C94H62N4. The van der Waals surface area contributed by atoms with Gasteiger partial charge in [0.2, 0.25) is 0 Å². The zero-order valence-electron chi connectivity index (χ0n) is 53.6. The lowest BCUT2D eigenvalue weighted by molar-refractivity contribution is 1.18. The SMILES string of the molecule is c1ccc(-c2ccc(-n3c4ccccc4c4cc(-c5ccc6c(c5)c5ccccc5n6-c5ccc(-c6ccccc6)cc5)ccc43)cc2)cc1.c1ccc(-c2ccc(-n3c4ccccc4c4cc(-c5ccc6c(c5)c5ccccc5n6-c5cccc6ccccc56)ccc43)cc2)cc1. The Balaban J connectivity index is 0.000000137. The smallest absolute Gasteiger partial charge is 0.0541 e. The summed E-state index contributed by atoms with van der Waals surface area (Å²) in [5, 5.41) is 12.6. The zero-order chi connectivity index (χ0) is 64.6. The molecular weight excluding hydrogens is 1190 g/mol. The second kappa shape index (κ2) is 23.5. The summed E-state index contributed by atoms with van der Waals surface area (Å²) in [4.78, 5) is 0. The van der Waals surface area contributed by atoms with Crippen LogP contribution in [0.15, 0.2) is 376 Å². The van der Waals surface area contributed by atoms with Gasteiger partial charge < -0.3 is 18.3 Å². The molecule has 16 aromatic carbocycles. The maximum atomic E-state index is 2.43. The minimum Gasteiger partial charge on any atom is -0.309 e. The molecule has 0 aliphatic rings. The molecule has 0 aliphatic heterocycles. The summed E-state index contributed by atoms with van der Waals surface area (Å²) in [6, 6.07) is 137. The van der Waals surface area contributed by atoms with Crippen molar-refractivity contribution in [2.75, 3.05) is 0 Å². The third-order valence-corrected chi connectivity index (χ3v) is 20.1. The molecule has 0 aliphatic carbocycles. The molecule has 0 bridgehead atoms. The number of hydrogen-bond acceptors (Lipinski definition) is 0. The van der Waals surface area contributed by atoms with E-state index in [2.05, 4.69) is 394 Å². The minimum atomic E-state index is 1.16. The number of nitrogens with zero attached hydrogens (tertiary/aromatic N) is 4. The first kappa shape index (κ1) is 56.5. The van der Waals surface area contributed by atoms with Crippen molar-refractivity contribution < 1.29 is 0 Å². The van der Waals surface area contributed by atoms with Crippen LogP contribution >= 0.6 is 0 Å². The van der Waals surface area contributed by atoms with Gasteiger partial charge in [-0.2, -0.15) is 0 Å². The molecule has 0 N–H and O–H groups in total. The van der Waals surface area contributed by atoms with Crippen LogP contribution in [0.4, 0.5) is 0 Å². The van der Waals surface area contributed by atoms with Gasteiger partial charge in [0.15, 0.2) is 0 Å². The first-order chi connectivity index (χ1) is 48.6. The molecule has 0 spiro atoms.